The summed E-state index contributed by atoms with van der Waals surface area (Å²) in [5.74, 6) is 11.6. The zero-order valence-electron chi connectivity index (χ0n) is 12.6. The molecule has 4 saturated carbocycles. The lowest BCUT2D eigenvalue weighted by molar-refractivity contribution is -0.0524. The van der Waals surface area contributed by atoms with Crippen LogP contribution in [-0.4, -0.2) is 12.6 Å². The van der Waals surface area contributed by atoms with Gasteiger partial charge in [-0.25, -0.2) is 0 Å². The number of hydrogen-bond acceptors (Lipinski definition) is 1. The zero-order chi connectivity index (χ0) is 13.2. The van der Waals surface area contributed by atoms with Crippen LogP contribution < -0.4 is 5.32 Å². The Morgan fingerprint density at radius 1 is 1.05 bits per heavy atom. The van der Waals surface area contributed by atoms with Gasteiger partial charge in [-0.2, -0.15) is 0 Å². The van der Waals surface area contributed by atoms with Crippen LogP contribution in [0.2, 0.25) is 0 Å². The molecule has 0 amide bonds. The van der Waals surface area contributed by atoms with Gasteiger partial charge in [0.15, 0.2) is 0 Å². The Balaban J connectivity index is 1.68. The van der Waals surface area contributed by atoms with Crippen LogP contribution in [0.4, 0.5) is 0 Å². The van der Waals surface area contributed by atoms with Gasteiger partial charge in [-0.1, -0.05) is 6.92 Å². The first kappa shape index (κ1) is 13.5. The minimum absolute atomic E-state index is 0.737. The van der Waals surface area contributed by atoms with Crippen LogP contribution in [0.3, 0.4) is 0 Å². The summed E-state index contributed by atoms with van der Waals surface area (Å²) in [5, 5.41) is 3.80. The van der Waals surface area contributed by atoms with E-state index in [9.17, 15) is 0 Å². The van der Waals surface area contributed by atoms with E-state index in [0.29, 0.717) is 0 Å². The largest absolute Gasteiger partial charge is 0.314 e. The fourth-order valence-corrected chi connectivity index (χ4v) is 5.67. The summed E-state index contributed by atoms with van der Waals surface area (Å²) in [6, 6.07) is 0.737. The summed E-state index contributed by atoms with van der Waals surface area (Å²) in [7, 11) is 0. The molecule has 1 unspecified atom stereocenters. The van der Waals surface area contributed by atoms with Crippen LogP contribution in [0.25, 0.3) is 0 Å². The van der Waals surface area contributed by atoms with Gasteiger partial charge >= 0.3 is 0 Å². The molecule has 4 rings (SSSR count). The predicted octanol–water partition coefficient (Wildman–Crippen LogP) is 3.84. The van der Waals surface area contributed by atoms with E-state index >= 15 is 0 Å². The summed E-state index contributed by atoms with van der Waals surface area (Å²) in [6.45, 7) is 5.34. The Kier molecular flexibility index (Phi) is 4.18. The van der Waals surface area contributed by atoms with Crippen molar-refractivity contribution in [3.8, 4) is 11.8 Å². The second-order valence-corrected chi connectivity index (χ2v) is 7.14. The van der Waals surface area contributed by atoms with Crippen LogP contribution in [0.1, 0.15) is 58.8 Å². The molecule has 0 aromatic rings. The molecule has 0 spiro atoms. The fraction of sp³-hybridized carbons (Fsp3) is 0.889. The molecule has 106 valence electrons. The molecular formula is C18H29N. The molecule has 19 heavy (non-hydrogen) atoms. The van der Waals surface area contributed by atoms with Crippen LogP contribution in [0, 0.1) is 41.4 Å². The standard InChI is InChI=1S/C18H29N/c1-3-5-6-7-17(19-4-2)18-15-9-13-8-14(11-15)12-16(18)10-13/h13-19H,4,6-12H2,1-2H3. The van der Waals surface area contributed by atoms with E-state index in [1.807, 2.05) is 6.92 Å². The molecule has 0 aliphatic heterocycles. The first-order valence-corrected chi connectivity index (χ1v) is 8.44. The predicted molar refractivity (Wildman–Crippen MR) is 80.7 cm³/mol. The molecule has 4 bridgehead atoms. The van der Waals surface area contributed by atoms with E-state index in [1.54, 1.807) is 32.1 Å². The first-order chi connectivity index (χ1) is 9.31. The summed E-state index contributed by atoms with van der Waals surface area (Å²) in [4.78, 5) is 0. The average Bonchev–Trinajstić information content (AvgIpc) is 2.37. The van der Waals surface area contributed by atoms with Gasteiger partial charge in [0.25, 0.3) is 0 Å². The van der Waals surface area contributed by atoms with Crippen molar-refractivity contribution in [2.75, 3.05) is 6.54 Å². The molecule has 0 aromatic heterocycles. The van der Waals surface area contributed by atoms with Gasteiger partial charge in [-0.05, 0) is 81.6 Å². The lowest BCUT2D eigenvalue weighted by atomic mass is 9.50. The normalized spacial score (nSPS) is 40.8. The maximum absolute atomic E-state index is 3.80. The Morgan fingerprint density at radius 3 is 2.21 bits per heavy atom. The summed E-state index contributed by atoms with van der Waals surface area (Å²) >= 11 is 0. The minimum atomic E-state index is 0.737. The van der Waals surface area contributed by atoms with E-state index in [2.05, 4.69) is 24.1 Å². The minimum Gasteiger partial charge on any atom is -0.314 e. The van der Waals surface area contributed by atoms with Gasteiger partial charge in [0, 0.05) is 12.5 Å². The lowest BCUT2D eigenvalue weighted by Gasteiger charge is -2.56. The second-order valence-electron chi connectivity index (χ2n) is 7.14. The Hall–Kier alpha value is -0.480. The fourth-order valence-electron chi connectivity index (χ4n) is 5.67. The van der Waals surface area contributed by atoms with Gasteiger partial charge in [-0.15, -0.1) is 11.8 Å². The second kappa shape index (κ2) is 5.88. The van der Waals surface area contributed by atoms with E-state index in [-0.39, 0.29) is 0 Å². The third-order valence-corrected chi connectivity index (χ3v) is 5.99. The molecule has 4 aliphatic rings. The molecular weight excluding hydrogens is 230 g/mol. The quantitative estimate of drug-likeness (QED) is 0.740. The SMILES string of the molecule is CC#CCCC(NCC)C1C2CC3CC(C2)CC1C3. The molecule has 4 fully saturated rings. The third-order valence-electron chi connectivity index (χ3n) is 5.99. The van der Waals surface area contributed by atoms with Crippen molar-refractivity contribution in [2.24, 2.45) is 29.6 Å². The lowest BCUT2D eigenvalue weighted by Crippen LogP contribution is -2.53. The third kappa shape index (κ3) is 2.70. The maximum Gasteiger partial charge on any atom is 0.0110 e. The van der Waals surface area contributed by atoms with Crippen molar-refractivity contribution in [3.05, 3.63) is 0 Å². The monoisotopic (exact) mass is 259 g/mol. The summed E-state index contributed by atoms with van der Waals surface area (Å²) in [6.07, 6.45) is 10.1. The van der Waals surface area contributed by atoms with Crippen molar-refractivity contribution in [1.29, 1.82) is 0 Å². The summed E-state index contributed by atoms with van der Waals surface area (Å²) in [5.41, 5.74) is 0. The molecule has 1 heteroatoms. The molecule has 0 heterocycles. The Morgan fingerprint density at radius 2 is 1.68 bits per heavy atom. The topological polar surface area (TPSA) is 12.0 Å². The zero-order valence-corrected chi connectivity index (χ0v) is 12.6. The smallest absolute Gasteiger partial charge is 0.0110 e. The summed E-state index contributed by atoms with van der Waals surface area (Å²) < 4.78 is 0. The van der Waals surface area contributed by atoms with Gasteiger partial charge < -0.3 is 5.32 Å². The highest BCUT2D eigenvalue weighted by Crippen LogP contribution is 2.57. The maximum atomic E-state index is 3.80. The van der Waals surface area contributed by atoms with E-state index in [4.69, 9.17) is 0 Å². The van der Waals surface area contributed by atoms with Gasteiger partial charge in [0.2, 0.25) is 0 Å². The van der Waals surface area contributed by atoms with Crippen LogP contribution in [0.5, 0.6) is 0 Å². The van der Waals surface area contributed by atoms with Gasteiger partial charge in [0.1, 0.15) is 0 Å². The molecule has 4 aliphatic carbocycles. The molecule has 1 nitrogen and oxygen atoms in total. The van der Waals surface area contributed by atoms with Crippen molar-refractivity contribution in [3.63, 3.8) is 0 Å². The van der Waals surface area contributed by atoms with E-state index in [1.165, 1.54) is 6.42 Å². The van der Waals surface area contributed by atoms with Crippen LogP contribution >= 0.6 is 0 Å². The molecule has 0 aromatic carbocycles. The average molecular weight is 259 g/mol. The molecule has 1 atom stereocenters. The highest BCUT2D eigenvalue weighted by Gasteiger charge is 2.50. The number of rotatable bonds is 5. The van der Waals surface area contributed by atoms with Crippen molar-refractivity contribution in [2.45, 2.75) is 64.8 Å². The van der Waals surface area contributed by atoms with E-state index in [0.717, 1.165) is 48.6 Å². The van der Waals surface area contributed by atoms with Crippen molar-refractivity contribution in [1.82, 2.24) is 5.32 Å². The van der Waals surface area contributed by atoms with Crippen LogP contribution in [0.15, 0.2) is 0 Å². The molecule has 1 N–H and O–H groups in total. The number of hydrogen-bond donors (Lipinski definition) is 1. The van der Waals surface area contributed by atoms with Crippen molar-refractivity contribution >= 4 is 0 Å². The van der Waals surface area contributed by atoms with Gasteiger partial charge in [-0.3, -0.25) is 0 Å². The Bertz CT molecular complexity index is 334. The molecule has 0 saturated heterocycles. The van der Waals surface area contributed by atoms with E-state index < -0.39 is 0 Å². The van der Waals surface area contributed by atoms with Gasteiger partial charge in [0.05, 0.1) is 0 Å². The highest BCUT2D eigenvalue weighted by atomic mass is 14.9. The van der Waals surface area contributed by atoms with Crippen molar-refractivity contribution < 1.29 is 0 Å². The number of nitrogens with one attached hydrogen (secondary N) is 1. The first-order valence-electron chi connectivity index (χ1n) is 8.44. The molecule has 0 radical (unpaired) electrons. The Labute approximate surface area is 118 Å². The highest BCUT2D eigenvalue weighted by molar-refractivity contribution is 5.03. The van der Waals surface area contributed by atoms with Crippen LogP contribution in [-0.2, 0) is 0 Å².